The van der Waals surface area contributed by atoms with Gasteiger partial charge in [0.15, 0.2) is 11.5 Å². The number of carboxylic acids is 2. The molecule has 2 aromatic carbocycles. The number of H-pyrrole nitrogens is 1. The van der Waals surface area contributed by atoms with Crippen LogP contribution in [0, 0.1) is 0 Å². The fraction of sp³-hybridized carbons (Fsp3) is 0.0952. The Morgan fingerprint density at radius 3 is 2.27 bits per heavy atom. The third-order valence-electron chi connectivity index (χ3n) is 4.36. The highest BCUT2D eigenvalue weighted by Gasteiger charge is 2.27. The van der Waals surface area contributed by atoms with E-state index in [2.05, 4.69) is 4.98 Å². The second kappa shape index (κ2) is 8.39. The summed E-state index contributed by atoms with van der Waals surface area (Å²) in [5.74, 6) is -2.93. The van der Waals surface area contributed by atoms with Gasteiger partial charge in [-0.05, 0) is 23.3 Å². The molecule has 0 radical (unpaired) electrons. The Morgan fingerprint density at radius 2 is 1.67 bits per heavy atom. The minimum absolute atomic E-state index is 0.131. The molecule has 0 saturated heterocycles. The average molecular weight is 410 g/mol. The first-order chi connectivity index (χ1) is 14.3. The molecule has 0 atom stereocenters. The van der Waals surface area contributed by atoms with Crippen molar-refractivity contribution in [1.82, 2.24) is 4.98 Å². The number of nitrogens with two attached hydrogens (primary N) is 1. The molecular formula is C21H18N2O7. The van der Waals surface area contributed by atoms with Crippen LogP contribution in [0.25, 0.3) is 11.1 Å². The molecule has 1 heterocycles. The van der Waals surface area contributed by atoms with Gasteiger partial charge < -0.3 is 30.4 Å². The predicted molar refractivity (Wildman–Crippen MR) is 108 cm³/mol. The van der Waals surface area contributed by atoms with Crippen molar-refractivity contribution in [3.8, 4) is 22.6 Å². The van der Waals surface area contributed by atoms with E-state index in [-0.39, 0.29) is 23.5 Å². The van der Waals surface area contributed by atoms with Crippen LogP contribution >= 0.6 is 0 Å². The maximum Gasteiger partial charge on any atom is 0.342 e. The minimum Gasteiger partial charge on any atom is -0.493 e. The number of benzene rings is 2. The summed E-state index contributed by atoms with van der Waals surface area (Å²) in [5, 5.41) is 19.0. The van der Waals surface area contributed by atoms with Gasteiger partial charge in [-0.25, -0.2) is 9.59 Å². The van der Waals surface area contributed by atoms with E-state index in [0.717, 1.165) is 5.56 Å². The van der Waals surface area contributed by atoms with Crippen LogP contribution in [-0.2, 0) is 6.61 Å². The lowest BCUT2D eigenvalue weighted by molar-refractivity contribution is 0.0695. The Bertz CT molecular complexity index is 1170. The van der Waals surface area contributed by atoms with E-state index < -0.39 is 34.4 Å². The van der Waals surface area contributed by atoms with Crippen molar-refractivity contribution in [2.75, 3.05) is 12.8 Å². The number of hydrogen-bond donors (Lipinski definition) is 4. The fourth-order valence-electron chi connectivity index (χ4n) is 3.01. The van der Waals surface area contributed by atoms with Gasteiger partial charge in [0.1, 0.15) is 23.6 Å². The van der Waals surface area contributed by atoms with E-state index in [1.165, 1.54) is 25.3 Å². The van der Waals surface area contributed by atoms with Crippen LogP contribution in [0.2, 0.25) is 0 Å². The standard InChI is InChI=1S/C21H18N2O7/c1-29-14-9-12(7-8-13(14)30-10-11-5-3-2-4-6-11)15-16(20(25)26)18(22)23-19(24)17(15)21(27)28/h2-9H,10H2,1H3,(H,25,26)(H,27,28)(H3,22,23,24). The number of anilines is 1. The number of methoxy groups -OCH3 is 1. The minimum atomic E-state index is -1.59. The Hall–Kier alpha value is -4.27. The van der Waals surface area contributed by atoms with E-state index in [4.69, 9.17) is 15.2 Å². The van der Waals surface area contributed by atoms with E-state index in [1.807, 2.05) is 30.3 Å². The fourth-order valence-corrected chi connectivity index (χ4v) is 3.01. The number of ether oxygens (including phenoxy) is 2. The number of hydrogen-bond acceptors (Lipinski definition) is 6. The summed E-state index contributed by atoms with van der Waals surface area (Å²) in [6.45, 7) is 0.259. The van der Waals surface area contributed by atoms with Crippen LogP contribution in [0.4, 0.5) is 5.82 Å². The molecule has 0 unspecified atom stereocenters. The van der Waals surface area contributed by atoms with Gasteiger partial charge in [0.05, 0.1) is 7.11 Å². The Morgan fingerprint density at radius 1 is 1.00 bits per heavy atom. The predicted octanol–water partition coefficient (Wildman–Crippen LogP) is 2.61. The molecule has 3 aromatic rings. The topological polar surface area (TPSA) is 152 Å². The van der Waals surface area contributed by atoms with Gasteiger partial charge in [-0.3, -0.25) is 4.79 Å². The molecule has 3 rings (SSSR count). The lowest BCUT2D eigenvalue weighted by Gasteiger charge is -2.15. The second-order valence-electron chi connectivity index (χ2n) is 6.24. The van der Waals surface area contributed by atoms with Gasteiger partial charge in [-0.1, -0.05) is 36.4 Å². The third-order valence-corrected chi connectivity index (χ3v) is 4.36. The summed E-state index contributed by atoms with van der Waals surface area (Å²) in [7, 11) is 1.39. The summed E-state index contributed by atoms with van der Waals surface area (Å²) in [6.07, 6.45) is 0. The summed E-state index contributed by atoms with van der Waals surface area (Å²) < 4.78 is 11.1. The van der Waals surface area contributed by atoms with Gasteiger partial charge in [0.2, 0.25) is 0 Å². The summed E-state index contributed by atoms with van der Waals surface area (Å²) in [6, 6.07) is 13.7. The molecule has 9 heteroatoms. The number of aromatic nitrogens is 1. The van der Waals surface area contributed by atoms with E-state index >= 15 is 0 Å². The number of aromatic amines is 1. The SMILES string of the molecule is COc1cc(-c2c(C(=O)O)c(N)[nH]c(=O)c2C(=O)O)ccc1OCc1ccccc1. The summed E-state index contributed by atoms with van der Waals surface area (Å²) in [5.41, 5.74) is 4.13. The first-order valence-corrected chi connectivity index (χ1v) is 8.71. The molecule has 9 nitrogen and oxygen atoms in total. The van der Waals surface area contributed by atoms with Crippen LogP contribution in [0.3, 0.4) is 0 Å². The number of carbonyl (C=O) groups is 2. The first kappa shape index (κ1) is 20.5. The highest BCUT2D eigenvalue weighted by molar-refractivity contribution is 6.07. The summed E-state index contributed by atoms with van der Waals surface area (Å²) >= 11 is 0. The molecule has 0 aliphatic heterocycles. The van der Waals surface area contributed by atoms with Gasteiger partial charge in [-0.2, -0.15) is 0 Å². The maximum atomic E-state index is 12.2. The molecular weight excluding hydrogens is 392 g/mol. The number of aromatic carboxylic acids is 2. The van der Waals surface area contributed by atoms with E-state index in [0.29, 0.717) is 5.75 Å². The van der Waals surface area contributed by atoms with Crippen molar-refractivity contribution in [3.63, 3.8) is 0 Å². The van der Waals surface area contributed by atoms with Crippen LogP contribution in [0.1, 0.15) is 26.3 Å². The van der Waals surface area contributed by atoms with Gasteiger partial charge >= 0.3 is 11.9 Å². The van der Waals surface area contributed by atoms with Gasteiger partial charge in [0.25, 0.3) is 5.56 Å². The van der Waals surface area contributed by atoms with Crippen molar-refractivity contribution in [3.05, 3.63) is 75.6 Å². The third kappa shape index (κ3) is 3.95. The van der Waals surface area contributed by atoms with Crippen molar-refractivity contribution in [2.24, 2.45) is 0 Å². The molecule has 0 spiro atoms. The Balaban J connectivity index is 2.11. The zero-order chi connectivity index (χ0) is 21.8. The highest BCUT2D eigenvalue weighted by Crippen LogP contribution is 2.36. The molecule has 0 aliphatic carbocycles. The zero-order valence-electron chi connectivity index (χ0n) is 15.8. The highest BCUT2D eigenvalue weighted by atomic mass is 16.5. The van der Waals surface area contributed by atoms with Crippen molar-refractivity contribution >= 4 is 17.8 Å². The molecule has 0 bridgehead atoms. The first-order valence-electron chi connectivity index (χ1n) is 8.71. The van der Waals surface area contributed by atoms with Crippen LogP contribution in [0.5, 0.6) is 11.5 Å². The molecule has 1 aromatic heterocycles. The monoisotopic (exact) mass is 410 g/mol. The largest absolute Gasteiger partial charge is 0.493 e. The van der Waals surface area contributed by atoms with E-state index in [9.17, 15) is 24.6 Å². The number of carboxylic acid groups (broad SMARTS) is 2. The lowest BCUT2D eigenvalue weighted by atomic mass is 9.95. The van der Waals surface area contributed by atoms with Crippen molar-refractivity contribution < 1.29 is 29.3 Å². The van der Waals surface area contributed by atoms with Crippen LogP contribution in [-0.4, -0.2) is 34.2 Å². The molecule has 0 fully saturated rings. The molecule has 5 N–H and O–H groups in total. The van der Waals surface area contributed by atoms with Crippen molar-refractivity contribution in [2.45, 2.75) is 6.61 Å². The van der Waals surface area contributed by atoms with Gasteiger partial charge in [-0.15, -0.1) is 0 Å². The van der Waals surface area contributed by atoms with Crippen LogP contribution in [0.15, 0.2) is 53.3 Å². The number of rotatable bonds is 7. The lowest BCUT2D eigenvalue weighted by Crippen LogP contribution is -2.24. The number of pyridine rings is 1. The summed E-state index contributed by atoms with van der Waals surface area (Å²) in [4.78, 5) is 37.6. The Labute approximate surface area is 170 Å². The number of nitrogens with one attached hydrogen (secondary N) is 1. The molecule has 0 aliphatic rings. The van der Waals surface area contributed by atoms with Gasteiger partial charge in [0, 0.05) is 5.56 Å². The smallest absolute Gasteiger partial charge is 0.342 e. The molecule has 0 saturated carbocycles. The maximum absolute atomic E-state index is 12.2. The second-order valence-corrected chi connectivity index (χ2v) is 6.24. The normalized spacial score (nSPS) is 10.4. The molecule has 0 amide bonds. The average Bonchev–Trinajstić information content (AvgIpc) is 2.71. The van der Waals surface area contributed by atoms with E-state index in [1.54, 1.807) is 0 Å². The molecule has 30 heavy (non-hydrogen) atoms. The molecule has 154 valence electrons. The Kier molecular flexibility index (Phi) is 5.73. The zero-order valence-corrected chi connectivity index (χ0v) is 15.8. The quantitative estimate of drug-likeness (QED) is 0.464. The van der Waals surface area contributed by atoms with Crippen LogP contribution < -0.4 is 20.8 Å². The number of nitrogen functional groups attached to an aromatic ring is 1. The van der Waals surface area contributed by atoms with Crippen molar-refractivity contribution in [1.29, 1.82) is 0 Å².